The van der Waals surface area contributed by atoms with Gasteiger partial charge in [-0.2, -0.15) is 25.5 Å². The molecule has 0 radical (unpaired) electrons. The van der Waals surface area contributed by atoms with E-state index < -0.39 is 0 Å². The first kappa shape index (κ1) is 89.5. The number of aromatic nitrogens is 14. The summed E-state index contributed by atoms with van der Waals surface area (Å²) in [5, 5.41) is 24.2. The number of nitrogens with two attached hydrogens (primary N) is 5. The van der Waals surface area contributed by atoms with Crippen molar-refractivity contribution in [3.63, 3.8) is 0 Å². The molecule has 0 bridgehead atoms. The fourth-order valence-electron chi connectivity index (χ4n) is 20.0. The molecule has 3 aliphatic heterocycles. The largest absolute Gasteiger partial charge is 0.395 e. The zero-order valence-electron chi connectivity index (χ0n) is 73.7. The summed E-state index contributed by atoms with van der Waals surface area (Å²) in [5.41, 5.74) is 61.1. The lowest BCUT2D eigenvalue weighted by atomic mass is 10.1. The second-order valence-corrected chi connectivity index (χ2v) is 35.3. The number of aryl methyl sites for hydroxylation is 19. The lowest BCUT2D eigenvalue weighted by Crippen LogP contribution is -2.52. The lowest BCUT2D eigenvalue weighted by Gasteiger charge is -2.37. The smallest absolute Gasteiger partial charge is 0.243 e. The van der Waals surface area contributed by atoms with Crippen molar-refractivity contribution in [1.82, 2.24) is 57.2 Å². The topological polar surface area (TPSA) is 243 Å². The standard InChI is InChI=1S/C19H29N4.C18H24N5.C18H27N4O.C18H27N4.C17H22N5.5CH3/c1-23(12-3-2-4-13-23)14-6-8-16-19(20)18-11-10-15-7-5-9-17(15)22(18)21-16;1-21-11-12-22(13-21)10-3-2-6-15-18(19)17-9-8-14-5-4-7-16(14)23(17)20-15;1-22(10-12-23-13-11-22)9-3-5-15-18(19)17-8-7-14-4-2-6-16(14)21(17)20-15;1-22(11-2-3-12-22)13-5-7-15-18(19)17-10-9-14-6-4-8-16(14)21(17)20-15;1-20-10-11-21(12-20)9-3-5-14-17(18)16-8-7-13-4-2-6-15(13)22(16)19-14;;;;;/h10-11H,2-9,12-14,20H2,1H3;8-9,11-13H,2-7,10,19H2,1H3;7-8H,2-6,9-13,19H2,1H3;9-10H,2-8,11-13,19H2,1H3;7-8,10-12H,2-6,9,18H2,1H3;5*1H3/q5*+1;5*-1. The molecule has 0 amide bonds. The van der Waals surface area contributed by atoms with E-state index in [0.29, 0.717) is 0 Å². The normalized spacial score (nSPS) is 16.8. The van der Waals surface area contributed by atoms with Gasteiger partial charge in [0.2, 0.25) is 12.7 Å². The Morgan fingerprint density at radius 3 is 0.873 bits per heavy atom. The van der Waals surface area contributed by atoms with Crippen LogP contribution in [0.3, 0.4) is 0 Å². The number of anilines is 5. The predicted molar refractivity (Wildman–Crippen MR) is 484 cm³/mol. The number of imidazole rings is 2. The third kappa shape index (κ3) is 19.6. The monoisotopic (exact) mass is 1610 g/mol. The second-order valence-electron chi connectivity index (χ2n) is 35.3. The number of morpholine rings is 1. The van der Waals surface area contributed by atoms with E-state index in [1.807, 2.05) is 14.1 Å². The molecule has 0 unspecified atom stereocenters. The number of nitrogens with zero attached hydrogens (tertiary/aromatic N) is 17. The van der Waals surface area contributed by atoms with Crippen molar-refractivity contribution in [2.75, 3.05) is 122 Å². The first-order valence-corrected chi connectivity index (χ1v) is 43.4. The molecule has 0 atom stereocenters. The van der Waals surface area contributed by atoms with Crippen LogP contribution in [0.4, 0.5) is 28.4 Å². The lowest BCUT2D eigenvalue weighted by molar-refractivity contribution is -0.917. The Balaban J connectivity index is 0.000000143. The zero-order valence-corrected chi connectivity index (χ0v) is 73.7. The van der Waals surface area contributed by atoms with Crippen molar-refractivity contribution in [3.8, 4) is 0 Å². The van der Waals surface area contributed by atoms with Gasteiger partial charge in [0.1, 0.15) is 37.9 Å². The summed E-state index contributed by atoms with van der Waals surface area (Å²) in [7, 11) is 11.2. The number of likely N-dealkylation sites (N-methyl/N-ethyl adjacent to an activating group) is 1. The number of piperidine rings is 1. The number of ether oxygens (including phenoxy) is 1. The van der Waals surface area contributed by atoms with Crippen LogP contribution in [0.15, 0.2) is 98.1 Å². The van der Waals surface area contributed by atoms with Crippen LogP contribution in [0.1, 0.15) is 187 Å². The third-order valence-corrected chi connectivity index (χ3v) is 26.8. The van der Waals surface area contributed by atoms with Crippen molar-refractivity contribution in [3.05, 3.63) is 220 Å². The SMILES string of the molecule is C[N+]1(CCCc2nn3c4c(ccc3c2N)CCC4)CCCC1.C[N+]1(CCCc2nn3c4c(ccc3c2N)CCC4)CCCCC1.C[N+]1(CCCc2nn3c4c(ccc3c2N)CCC4)CCOCC1.C[n+]1ccn(CCCCc2nn3c4c(ccc3c2N)CCC4)c1.C[n+]1ccn(CCCc2nn3c4c(ccc3c2N)CCC4)c1.[CH3-].[CH3-].[CH3-].[CH3-].[CH3-]. The van der Waals surface area contributed by atoms with E-state index in [2.05, 4.69) is 160 Å². The number of hydrogen-bond acceptors (Lipinski definition) is 11. The minimum Gasteiger partial charge on any atom is -0.395 e. The fraction of sp³-hybridized carbons (Fsp3) is 0.516. The summed E-state index contributed by atoms with van der Waals surface area (Å²) in [4.78, 5) is 0. The molecule has 118 heavy (non-hydrogen) atoms. The van der Waals surface area contributed by atoms with Crippen molar-refractivity contribution in [2.45, 2.75) is 212 Å². The average Bonchev–Trinajstić information content (AvgIpc) is 1.65. The highest BCUT2D eigenvalue weighted by Crippen LogP contribution is 2.35. The Hall–Kier alpha value is -9.29. The molecule has 12 aromatic rings. The number of hydrogen-bond donors (Lipinski definition) is 5. The predicted octanol–water partition coefficient (Wildman–Crippen LogP) is 13.3. The number of rotatable bonds is 21. The van der Waals surface area contributed by atoms with Gasteiger partial charge in [-0.3, -0.25) is 0 Å². The number of quaternary nitrogens is 3. The summed E-state index contributed by atoms with van der Waals surface area (Å²) in [5.74, 6) is 0. The summed E-state index contributed by atoms with van der Waals surface area (Å²) in [6.45, 7) is 15.1. The molecule has 12 aromatic heterocycles. The van der Waals surface area contributed by atoms with E-state index in [4.69, 9.17) is 58.9 Å². The molecule has 10 N–H and O–H groups in total. The Kier molecular flexibility index (Phi) is 29.8. The summed E-state index contributed by atoms with van der Waals surface area (Å²) in [6.07, 6.45) is 48.9. The van der Waals surface area contributed by atoms with Gasteiger partial charge < -0.3 is 84.0 Å². The number of likely N-dealkylation sites (tertiary alicyclic amines) is 2. The molecular formula is C95H144N22O. The van der Waals surface area contributed by atoms with Gasteiger partial charge in [0.25, 0.3) is 0 Å². The summed E-state index contributed by atoms with van der Waals surface area (Å²) >= 11 is 0. The fourth-order valence-corrected chi connectivity index (χ4v) is 20.0. The molecule has 0 aromatic carbocycles. The van der Waals surface area contributed by atoms with E-state index in [1.165, 1.54) is 220 Å². The number of unbranched alkanes of at least 4 members (excludes halogenated alkanes) is 1. The van der Waals surface area contributed by atoms with Gasteiger partial charge in [-0.05, 0) is 225 Å². The van der Waals surface area contributed by atoms with Gasteiger partial charge in [-0.1, -0.05) is 30.3 Å². The number of pyridine rings is 5. The maximum Gasteiger partial charge on any atom is 0.243 e. The molecule has 8 aliphatic rings. The average molecular weight is 1610 g/mol. The van der Waals surface area contributed by atoms with Crippen molar-refractivity contribution < 1.29 is 27.3 Å². The molecule has 0 saturated carbocycles. The number of fused-ring (bicyclic) bond motifs is 15. The first-order chi connectivity index (χ1) is 54.9. The minimum atomic E-state index is 0. The van der Waals surface area contributed by atoms with Crippen molar-refractivity contribution >= 4 is 56.0 Å². The highest BCUT2D eigenvalue weighted by Gasteiger charge is 2.31. The van der Waals surface area contributed by atoms with Crippen LogP contribution >= 0.6 is 0 Å². The molecule has 3 saturated heterocycles. The Morgan fingerprint density at radius 2 is 0.585 bits per heavy atom. The molecule has 15 heterocycles. The van der Waals surface area contributed by atoms with Crippen LogP contribution in [0.5, 0.6) is 0 Å². The third-order valence-electron chi connectivity index (χ3n) is 26.8. The molecule has 23 heteroatoms. The van der Waals surface area contributed by atoms with E-state index in [9.17, 15) is 0 Å². The highest BCUT2D eigenvalue weighted by molar-refractivity contribution is 5.76. The molecule has 0 spiro atoms. The quantitative estimate of drug-likeness (QED) is 0.0196. The summed E-state index contributed by atoms with van der Waals surface area (Å²) in [6, 6.07) is 21.9. The molecule has 23 nitrogen and oxygen atoms in total. The van der Waals surface area contributed by atoms with Gasteiger partial charge in [0.05, 0.1) is 192 Å². The minimum absolute atomic E-state index is 0. The molecule has 20 rings (SSSR count). The van der Waals surface area contributed by atoms with Gasteiger partial charge in [0.15, 0.2) is 0 Å². The van der Waals surface area contributed by atoms with E-state index in [1.54, 1.807) is 0 Å². The van der Waals surface area contributed by atoms with Crippen molar-refractivity contribution in [2.24, 2.45) is 14.1 Å². The first-order valence-electron chi connectivity index (χ1n) is 43.4. The maximum absolute atomic E-state index is 6.40. The van der Waals surface area contributed by atoms with E-state index in [-0.39, 0.29) is 37.1 Å². The zero-order chi connectivity index (χ0) is 77.8. The van der Waals surface area contributed by atoms with E-state index in [0.717, 1.165) is 218 Å². The summed E-state index contributed by atoms with van der Waals surface area (Å²) < 4.78 is 28.2. The Bertz CT molecular complexity index is 5180. The molecular weight excluding hydrogens is 1470 g/mol. The van der Waals surface area contributed by atoms with Crippen LogP contribution in [-0.4, -0.2) is 164 Å². The van der Waals surface area contributed by atoms with Crippen LogP contribution in [0.25, 0.3) is 27.6 Å². The van der Waals surface area contributed by atoms with Crippen molar-refractivity contribution in [1.29, 1.82) is 0 Å². The highest BCUT2D eigenvalue weighted by atomic mass is 16.5. The van der Waals surface area contributed by atoms with Crippen LogP contribution in [0.2, 0.25) is 0 Å². The molecule has 3 fully saturated rings. The Morgan fingerprint density at radius 1 is 0.322 bits per heavy atom. The maximum atomic E-state index is 6.40. The van der Waals surface area contributed by atoms with Crippen LogP contribution < -0.4 is 37.8 Å². The van der Waals surface area contributed by atoms with Gasteiger partial charge in [-0.25, -0.2) is 40.8 Å². The van der Waals surface area contributed by atoms with E-state index >= 15 is 0 Å². The van der Waals surface area contributed by atoms with Crippen LogP contribution in [-0.2, 0) is 128 Å². The van der Waals surface area contributed by atoms with Gasteiger partial charge >= 0.3 is 0 Å². The van der Waals surface area contributed by atoms with Crippen LogP contribution in [0, 0.1) is 37.1 Å². The molecule has 5 aliphatic carbocycles. The number of nitrogen functional groups attached to an aromatic ring is 5. The van der Waals surface area contributed by atoms with Gasteiger partial charge in [-0.15, -0.1) is 0 Å². The molecule has 640 valence electrons. The van der Waals surface area contributed by atoms with Gasteiger partial charge in [0, 0.05) is 60.6 Å². The second kappa shape index (κ2) is 39.3. The Labute approximate surface area is 704 Å².